The first-order valence-electron chi connectivity index (χ1n) is 45.2. The normalized spacial score (nSPS) is 9.84. The van der Waals surface area contributed by atoms with E-state index >= 15 is 0 Å². The summed E-state index contributed by atoms with van der Waals surface area (Å²) in [5, 5.41) is 34.6. The number of nitriles is 2. The van der Waals surface area contributed by atoms with Crippen LogP contribution in [0.2, 0.25) is 0 Å². The molecule has 0 saturated heterocycles. The Morgan fingerprint density at radius 3 is 1.35 bits per heavy atom. The number of isothiocyanates is 1. The second-order valence-corrected chi connectivity index (χ2v) is 35.4. The van der Waals surface area contributed by atoms with E-state index in [1.807, 2.05) is 201 Å². The summed E-state index contributed by atoms with van der Waals surface area (Å²) in [5.74, 6) is 3.49. The maximum Gasteiger partial charge on any atom is 0.266 e. The molecule has 0 aliphatic carbocycles. The van der Waals surface area contributed by atoms with Crippen molar-refractivity contribution in [2.75, 3.05) is 42.5 Å². The minimum absolute atomic E-state index is 0.232. The molecular formula is C118H131FN8O3S6. The van der Waals surface area contributed by atoms with Gasteiger partial charge in [-0.1, -0.05) is 371 Å². The third-order valence-corrected chi connectivity index (χ3v) is 22.0. The van der Waals surface area contributed by atoms with Crippen LogP contribution in [0.25, 0.3) is 26.4 Å². The van der Waals surface area contributed by atoms with Crippen LogP contribution in [0.1, 0.15) is 125 Å². The molecule has 0 saturated carbocycles. The van der Waals surface area contributed by atoms with Crippen LogP contribution in [-0.2, 0) is 55.3 Å². The largest absolute Gasteiger partial charge is 0.432 e. The van der Waals surface area contributed by atoms with E-state index in [1.165, 1.54) is 160 Å². The highest BCUT2D eigenvalue weighted by Crippen LogP contribution is 2.23. The van der Waals surface area contributed by atoms with Crippen molar-refractivity contribution in [3.63, 3.8) is 0 Å². The Morgan fingerprint density at radius 1 is 0.456 bits per heavy atom. The molecule has 0 aromatic heterocycles. The molecule has 15 rings (SSSR count). The zero-order valence-electron chi connectivity index (χ0n) is 81.1. The first kappa shape index (κ1) is 115. The lowest BCUT2D eigenvalue weighted by Gasteiger charge is -2.09. The van der Waals surface area contributed by atoms with Gasteiger partial charge in [0.1, 0.15) is 28.1 Å². The van der Waals surface area contributed by atoms with Gasteiger partial charge in [0.05, 0.1) is 17.4 Å². The van der Waals surface area contributed by atoms with Gasteiger partial charge in [-0.2, -0.15) is 15.5 Å². The van der Waals surface area contributed by atoms with Crippen LogP contribution in [0.3, 0.4) is 0 Å². The zero-order valence-corrected chi connectivity index (χ0v) is 86.0. The first-order chi connectivity index (χ1) is 65.8. The standard InChI is InChI=1S/C15H14FNOS.C14H13NOS.C11H7NS.C11H10.C10H15N.C9H9NS.2C9H12.C8H7NS.C8H7N.C8H11N.C6H14OS/c1-2-11-3-7-13(8-4-11)17-15(19)18-14-9-5-12(16)6-10-14;1-11-7-9-12(10-8-11)15-14(17)16-13-5-3-2-4-6-13;13-8-12-11-6-5-9-3-1-2-4-10(9)7-11;1-9-5-4-7-10-6-2-3-8-11(9)10;1-9-4-6-10(7-5-9)8-11(2)3;10-8-11-7-6-9-4-2-1-3-5-9;1-3-9-6-4-8(2)5-7-9;1-3-9-6-4-5-8(2)7-9;9-7-10-6-8-4-2-1-3-5-8;1-7-3-5-8(9-2)6-4-7;1-7-2-4-8(6-9)5-3-7;1-3-4-5-6-8(2)7/h3-10H,2H2,1H3,(H,17,19);2-10H,1H3,(H,15,17);1-7H;2-8H,1H3;4-7H,8H2,1-3H3;1-5H,6-7H2;2*4-7H,3H2,1-2H3;1-5H,6H2;3-6H,1H3;2-5H,6,9H2,1H3;3-6H2,1-2H3. The zero-order chi connectivity index (χ0) is 99.1. The Balaban J connectivity index is 0.000000313. The third-order valence-electron chi connectivity index (χ3n) is 19.5. The number of hydrogen-bond acceptors (Lipinski definition) is 13. The van der Waals surface area contributed by atoms with E-state index in [-0.39, 0.29) is 11.0 Å². The number of rotatable bonds is 20. The Bertz CT molecular complexity index is 5970. The van der Waals surface area contributed by atoms with Crippen LogP contribution >= 0.6 is 60.2 Å². The fourth-order valence-corrected chi connectivity index (χ4v) is 13.9. The van der Waals surface area contributed by atoms with Crippen LogP contribution < -0.4 is 25.8 Å². The average molecular weight is 1920 g/mol. The monoisotopic (exact) mass is 1920 g/mol. The van der Waals surface area contributed by atoms with Crippen molar-refractivity contribution in [3.05, 3.63) is 465 Å². The summed E-state index contributed by atoms with van der Waals surface area (Å²) in [4.78, 5) is 9.35. The number of para-hydroxylation sites is 1. The summed E-state index contributed by atoms with van der Waals surface area (Å²) in [7, 11) is 3.60. The van der Waals surface area contributed by atoms with E-state index in [4.69, 9.17) is 56.7 Å². The first-order valence-corrected chi connectivity index (χ1v) is 50.1. The van der Waals surface area contributed by atoms with Crippen LogP contribution in [0, 0.1) is 82.2 Å². The SMILES string of the molecule is CCCCCS(C)=O.CCc1ccc(C)cc1.CCc1ccc(NC(=S)Oc2ccc(F)cc2)cc1.CCc1cccc(C)c1.Cc1ccc(CN(C)C)cc1.Cc1ccc(CN)cc1.Cc1ccc(NC(=S)Oc2ccccc2)cc1.Cc1cccc2ccccc12.N#CSCCc1ccccc1.N#CSCc1ccccc1.S=C=Nc1ccc2ccccc2c1.[C-]#[N+]c1ccc(C)cc1. The summed E-state index contributed by atoms with van der Waals surface area (Å²) in [5.41, 5.74) is 27.0. The van der Waals surface area contributed by atoms with E-state index in [1.54, 1.807) is 6.26 Å². The van der Waals surface area contributed by atoms with Crippen molar-refractivity contribution in [2.45, 2.75) is 140 Å². The maximum atomic E-state index is 12.7. The van der Waals surface area contributed by atoms with Gasteiger partial charge in [-0.3, -0.25) is 4.21 Å². The summed E-state index contributed by atoms with van der Waals surface area (Å²) < 4.78 is 34.0. The predicted molar refractivity (Wildman–Crippen MR) is 597 cm³/mol. The Labute approximate surface area is 838 Å². The number of aryl methyl sites for hydroxylation is 11. The van der Waals surface area contributed by atoms with Gasteiger partial charge in [0, 0.05) is 58.8 Å². The molecular weight excluding hydrogens is 1790 g/mol. The number of thiocyanates is 2. The molecule has 11 nitrogen and oxygen atoms in total. The topological polar surface area (TPSA) is 153 Å². The lowest BCUT2D eigenvalue weighted by molar-refractivity contribution is 0.402. The number of nitrogens with one attached hydrogen (secondary N) is 2. The number of fused-ring (bicyclic) bond motifs is 2. The van der Waals surface area contributed by atoms with E-state index < -0.39 is 10.8 Å². The molecule has 4 N–H and O–H groups in total. The fraction of sp³-hybridized carbons (Fsp3) is 0.220. The Morgan fingerprint density at radius 2 is 0.882 bits per heavy atom. The highest BCUT2D eigenvalue weighted by atomic mass is 32.2. The fourth-order valence-electron chi connectivity index (χ4n) is 11.9. The van der Waals surface area contributed by atoms with Gasteiger partial charge in [-0.25, -0.2) is 9.24 Å². The van der Waals surface area contributed by atoms with Gasteiger partial charge in [-0.05, 0) is 294 Å². The van der Waals surface area contributed by atoms with Gasteiger partial charge in [0.25, 0.3) is 10.3 Å². The Hall–Kier alpha value is -12.8. The van der Waals surface area contributed by atoms with E-state index in [2.05, 4.69) is 288 Å². The van der Waals surface area contributed by atoms with E-state index in [0.29, 0.717) is 23.2 Å². The second kappa shape index (κ2) is 71.7. The van der Waals surface area contributed by atoms with Crippen LogP contribution in [-0.4, -0.2) is 56.5 Å². The van der Waals surface area contributed by atoms with Crippen molar-refractivity contribution in [1.29, 1.82) is 10.5 Å². The molecule has 0 amide bonds. The van der Waals surface area contributed by atoms with Gasteiger partial charge in [-0.15, -0.1) is 0 Å². The number of nitrogens with two attached hydrogens (primary N) is 1. The van der Waals surface area contributed by atoms with Crippen molar-refractivity contribution >= 4 is 131 Å². The minimum Gasteiger partial charge on any atom is -0.432 e. The predicted octanol–water partition coefficient (Wildman–Crippen LogP) is 32.2. The molecule has 18 heteroatoms. The Kier molecular flexibility index (Phi) is 60.9. The molecule has 136 heavy (non-hydrogen) atoms. The number of ether oxygens (including phenoxy) is 2. The quantitative estimate of drug-likeness (QED) is 0.0218. The van der Waals surface area contributed by atoms with Crippen LogP contribution in [0.15, 0.2) is 375 Å². The molecule has 0 spiro atoms. The van der Waals surface area contributed by atoms with E-state index in [0.717, 1.165) is 78.7 Å². The number of aliphatic imine (C=N–C) groups is 1. The number of hydrogen-bond donors (Lipinski definition) is 3. The third kappa shape index (κ3) is 54.5. The minimum atomic E-state index is -0.567. The molecule has 0 heterocycles. The number of anilines is 2. The summed E-state index contributed by atoms with van der Waals surface area (Å²) in [6.45, 7) is 31.5. The molecule has 15 aromatic carbocycles. The van der Waals surface area contributed by atoms with Crippen molar-refractivity contribution in [3.8, 4) is 22.3 Å². The smallest absolute Gasteiger partial charge is 0.266 e. The van der Waals surface area contributed by atoms with Gasteiger partial charge < -0.3 is 30.7 Å². The van der Waals surface area contributed by atoms with E-state index in [9.17, 15) is 8.60 Å². The maximum absolute atomic E-state index is 12.7. The molecule has 0 radical (unpaired) electrons. The van der Waals surface area contributed by atoms with Crippen molar-refractivity contribution in [2.24, 2.45) is 10.7 Å². The lowest BCUT2D eigenvalue weighted by atomic mass is 10.1. The average Bonchev–Trinajstić information content (AvgIpc) is 0.844. The number of thiocarbonyl (C=S) groups is 3. The number of halogens is 1. The molecule has 0 aliphatic heterocycles. The van der Waals surface area contributed by atoms with Crippen LogP contribution in [0.4, 0.5) is 27.1 Å². The molecule has 0 bridgehead atoms. The van der Waals surface area contributed by atoms with Gasteiger partial charge in [0.2, 0.25) is 0 Å². The molecule has 0 aliphatic rings. The molecule has 0 fully saturated rings. The van der Waals surface area contributed by atoms with Gasteiger partial charge in [0.15, 0.2) is 5.69 Å². The molecule has 704 valence electrons. The molecule has 15 aromatic rings. The summed E-state index contributed by atoms with van der Waals surface area (Å²) >= 11 is 17.3. The molecule has 1 atom stereocenters. The van der Waals surface area contributed by atoms with Crippen molar-refractivity contribution in [1.82, 2.24) is 4.90 Å². The highest BCUT2D eigenvalue weighted by Gasteiger charge is 2.05. The lowest BCUT2D eigenvalue weighted by Crippen LogP contribution is -2.16. The second-order valence-electron chi connectivity index (χ2n) is 31.3. The number of unbranched alkanes of at least 4 members (excludes halogenated alkanes) is 2. The van der Waals surface area contributed by atoms with Crippen molar-refractivity contribution < 1.29 is 18.1 Å². The van der Waals surface area contributed by atoms with Crippen LogP contribution in [0.5, 0.6) is 11.5 Å². The number of benzene rings is 15. The number of thioether (sulfide) groups is 2. The summed E-state index contributed by atoms with van der Waals surface area (Å²) in [6, 6.07) is 122. The number of nitrogens with zero attached hydrogens (tertiary/aromatic N) is 5. The highest BCUT2D eigenvalue weighted by molar-refractivity contribution is 8.03. The summed E-state index contributed by atoms with van der Waals surface area (Å²) in [6.07, 6.45) is 9.59. The molecule has 1 unspecified atom stereocenters. The van der Waals surface area contributed by atoms with Gasteiger partial charge >= 0.3 is 0 Å².